The van der Waals surface area contributed by atoms with Crippen LogP contribution in [0.15, 0.2) is 58.9 Å². The van der Waals surface area contributed by atoms with Gasteiger partial charge in [0.25, 0.3) is 0 Å². The summed E-state index contributed by atoms with van der Waals surface area (Å²) in [7, 11) is 1.50. The molecular weight excluding hydrogens is 435 g/mol. The number of aromatic nitrogens is 6. The number of ether oxygens (including phenoxy) is 1. The molecular formula is C24H19FN8O. The van der Waals surface area contributed by atoms with Gasteiger partial charge >= 0.3 is 0 Å². The first-order valence-corrected chi connectivity index (χ1v) is 10.3. The zero-order valence-electron chi connectivity index (χ0n) is 18.4. The molecule has 0 saturated carbocycles. The van der Waals surface area contributed by atoms with E-state index >= 15 is 0 Å². The van der Waals surface area contributed by atoms with E-state index < -0.39 is 5.82 Å². The number of pyridine rings is 2. The van der Waals surface area contributed by atoms with E-state index in [1.165, 1.54) is 25.6 Å². The molecule has 5 rings (SSSR count). The Labute approximate surface area is 193 Å². The minimum absolute atomic E-state index is 0.399. The molecule has 2 N–H and O–H groups in total. The summed E-state index contributed by atoms with van der Waals surface area (Å²) in [6.45, 7) is 5.30. The summed E-state index contributed by atoms with van der Waals surface area (Å²) < 4.78 is 19.4. The van der Waals surface area contributed by atoms with Crippen molar-refractivity contribution in [3.05, 3.63) is 60.3 Å². The van der Waals surface area contributed by atoms with Crippen molar-refractivity contribution >= 4 is 40.8 Å². The largest absolute Gasteiger partial charge is 0.497 e. The molecule has 0 aliphatic rings. The Morgan fingerprint density at radius 3 is 2.88 bits per heavy atom. The minimum Gasteiger partial charge on any atom is -0.497 e. The molecule has 0 radical (unpaired) electrons. The Bertz CT molecular complexity index is 1600. The Kier molecular flexibility index (Phi) is 5.38. The maximum atomic E-state index is 14.1. The van der Waals surface area contributed by atoms with Gasteiger partial charge in [0.15, 0.2) is 17.1 Å². The predicted molar refractivity (Wildman–Crippen MR) is 130 cm³/mol. The lowest BCUT2D eigenvalue weighted by Gasteiger charge is -2.06. The van der Waals surface area contributed by atoms with Crippen molar-refractivity contribution in [3.63, 3.8) is 0 Å². The van der Waals surface area contributed by atoms with E-state index in [4.69, 9.17) is 9.72 Å². The van der Waals surface area contributed by atoms with Crippen molar-refractivity contribution < 1.29 is 9.13 Å². The maximum absolute atomic E-state index is 14.1. The highest BCUT2D eigenvalue weighted by Crippen LogP contribution is 2.32. The third-order valence-electron chi connectivity index (χ3n) is 5.32. The number of fused-ring (bicyclic) bond motifs is 2. The van der Waals surface area contributed by atoms with Crippen LogP contribution in [0.2, 0.25) is 0 Å². The zero-order chi connectivity index (χ0) is 23.7. The molecule has 0 unspecified atom stereocenters. The van der Waals surface area contributed by atoms with Crippen LogP contribution in [0.3, 0.4) is 0 Å². The number of hydrogen-bond acceptors (Lipinski definition) is 6. The molecule has 1 aromatic carbocycles. The van der Waals surface area contributed by atoms with Crippen molar-refractivity contribution in [3.8, 4) is 28.4 Å². The fraction of sp³-hybridized carbons (Fsp3) is 0.0833. The lowest BCUT2D eigenvalue weighted by Crippen LogP contribution is -1.88. The van der Waals surface area contributed by atoms with Gasteiger partial charge < -0.3 is 9.72 Å². The van der Waals surface area contributed by atoms with Gasteiger partial charge in [0.05, 0.1) is 12.5 Å². The average molecular weight is 454 g/mol. The molecule has 9 nitrogen and oxygen atoms in total. The first-order chi connectivity index (χ1) is 16.6. The number of hydrogen-bond donors (Lipinski definition) is 2. The number of nitrogens with zero attached hydrogens (tertiary/aromatic N) is 6. The molecule has 0 bridgehead atoms. The molecule has 4 aromatic heterocycles. The predicted octanol–water partition coefficient (Wildman–Crippen LogP) is 4.80. The number of H-pyrrole nitrogens is 2. The van der Waals surface area contributed by atoms with Crippen LogP contribution >= 0.6 is 0 Å². The van der Waals surface area contributed by atoms with E-state index in [1.54, 1.807) is 30.7 Å². The highest BCUT2D eigenvalue weighted by atomic mass is 19.1. The van der Waals surface area contributed by atoms with Gasteiger partial charge in [-0.05, 0) is 54.6 Å². The van der Waals surface area contributed by atoms with Crippen LogP contribution in [0.4, 0.5) is 4.39 Å². The van der Waals surface area contributed by atoms with Crippen LogP contribution in [0.5, 0.6) is 5.75 Å². The van der Waals surface area contributed by atoms with Gasteiger partial charge in [0, 0.05) is 30.2 Å². The smallest absolute Gasteiger partial charge is 0.161 e. The molecule has 168 valence electrons. The molecule has 34 heavy (non-hydrogen) atoms. The number of aliphatic imine (C=N–C) groups is 2. The van der Waals surface area contributed by atoms with E-state index in [0.29, 0.717) is 39.6 Å². The number of aromatic amines is 2. The molecule has 4 heterocycles. The molecule has 0 aliphatic carbocycles. The van der Waals surface area contributed by atoms with Crippen LogP contribution in [0, 0.1) is 5.82 Å². The van der Waals surface area contributed by atoms with Crippen LogP contribution in [-0.2, 0) is 0 Å². The number of halogens is 1. The summed E-state index contributed by atoms with van der Waals surface area (Å²) in [5.74, 6) is 0.534. The first-order valence-electron chi connectivity index (χ1n) is 10.3. The topological polar surface area (TPSA) is 117 Å². The lowest BCUT2D eigenvalue weighted by molar-refractivity contribution is 0.411. The van der Waals surface area contributed by atoms with Crippen LogP contribution in [-0.4, -0.2) is 50.3 Å². The quantitative estimate of drug-likeness (QED) is 0.282. The van der Waals surface area contributed by atoms with Crippen molar-refractivity contribution in [1.29, 1.82) is 0 Å². The number of methoxy groups -OCH3 is 1. The van der Waals surface area contributed by atoms with E-state index in [0.717, 1.165) is 22.1 Å². The van der Waals surface area contributed by atoms with E-state index in [9.17, 15) is 4.39 Å². The van der Waals surface area contributed by atoms with E-state index in [1.807, 2.05) is 13.0 Å². The molecule has 0 atom stereocenters. The molecule has 0 saturated heterocycles. The summed E-state index contributed by atoms with van der Waals surface area (Å²) in [6.07, 6.45) is 6.43. The fourth-order valence-corrected chi connectivity index (χ4v) is 3.66. The van der Waals surface area contributed by atoms with Gasteiger partial charge in [0.1, 0.15) is 29.1 Å². The maximum Gasteiger partial charge on any atom is 0.161 e. The fourth-order valence-electron chi connectivity index (χ4n) is 3.66. The lowest BCUT2D eigenvalue weighted by atomic mass is 10.1. The summed E-state index contributed by atoms with van der Waals surface area (Å²) >= 11 is 0. The third kappa shape index (κ3) is 3.81. The Balaban J connectivity index is 1.62. The number of rotatable bonds is 6. The zero-order valence-corrected chi connectivity index (χ0v) is 18.4. The standard InChI is InChI=1S/C24H19FN8O/c1-13(10-27-12-26-2)15-8-19-21(32-33-22(19)29-11-15)24-30-20-18(4-5-28-23(20)31-24)14-6-16(25)9-17(7-14)34-3/h4-12H,2H2,1,3H3,(H,28,30,31)(H,29,32,33)/b13-10+,27-12-. The molecule has 0 spiro atoms. The summed E-state index contributed by atoms with van der Waals surface area (Å²) in [5.41, 5.74) is 5.48. The van der Waals surface area contributed by atoms with Gasteiger partial charge in [-0.25, -0.2) is 24.3 Å². The van der Waals surface area contributed by atoms with Gasteiger partial charge in [-0.3, -0.25) is 10.1 Å². The van der Waals surface area contributed by atoms with Gasteiger partial charge in [-0.2, -0.15) is 5.10 Å². The average Bonchev–Trinajstić information content (AvgIpc) is 3.47. The third-order valence-corrected chi connectivity index (χ3v) is 5.32. The normalized spacial score (nSPS) is 12.1. The molecule has 0 aliphatic heterocycles. The van der Waals surface area contributed by atoms with Crippen LogP contribution in [0.25, 0.3) is 50.4 Å². The van der Waals surface area contributed by atoms with E-state index in [2.05, 4.69) is 41.9 Å². The second kappa shape index (κ2) is 8.66. The van der Waals surface area contributed by atoms with Gasteiger partial charge in [-0.1, -0.05) is 0 Å². The molecule has 10 heteroatoms. The number of benzene rings is 1. The highest BCUT2D eigenvalue weighted by Gasteiger charge is 2.17. The first kappa shape index (κ1) is 21.1. The molecule has 0 amide bonds. The van der Waals surface area contributed by atoms with Crippen LogP contribution in [0.1, 0.15) is 12.5 Å². The summed E-state index contributed by atoms with van der Waals surface area (Å²) in [6, 6.07) is 8.27. The van der Waals surface area contributed by atoms with Crippen molar-refractivity contribution in [2.24, 2.45) is 9.98 Å². The van der Waals surface area contributed by atoms with Gasteiger partial charge in [0.2, 0.25) is 0 Å². The SMILES string of the molecule is C=N/C=N\C=C(/C)c1cnc2[nH]nc(-c3nc4c(-c5cc(F)cc(OC)c5)ccnc4[nH]3)c2c1. The van der Waals surface area contributed by atoms with Gasteiger partial charge in [-0.15, -0.1) is 0 Å². The van der Waals surface area contributed by atoms with Crippen molar-refractivity contribution in [2.75, 3.05) is 7.11 Å². The van der Waals surface area contributed by atoms with Crippen LogP contribution < -0.4 is 4.74 Å². The van der Waals surface area contributed by atoms with E-state index in [-0.39, 0.29) is 0 Å². The Morgan fingerprint density at radius 2 is 2.06 bits per heavy atom. The number of allylic oxidation sites excluding steroid dienone is 1. The van der Waals surface area contributed by atoms with Crippen molar-refractivity contribution in [2.45, 2.75) is 6.92 Å². The number of nitrogens with one attached hydrogen (secondary N) is 2. The summed E-state index contributed by atoms with van der Waals surface area (Å²) in [4.78, 5) is 24.5. The summed E-state index contributed by atoms with van der Waals surface area (Å²) in [5, 5.41) is 8.14. The monoisotopic (exact) mass is 454 g/mol. The Hall–Kier alpha value is -4.73. The minimum atomic E-state index is -0.399. The number of imidazole rings is 1. The molecule has 0 fully saturated rings. The second-order valence-electron chi connectivity index (χ2n) is 7.47. The highest BCUT2D eigenvalue weighted by molar-refractivity contribution is 5.95. The second-order valence-corrected chi connectivity index (χ2v) is 7.47. The Morgan fingerprint density at radius 1 is 1.18 bits per heavy atom. The molecule has 5 aromatic rings. The van der Waals surface area contributed by atoms with Crippen molar-refractivity contribution in [1.82, 2.24) is 30.1 Å².